The molecule has 0 saturated carbocycles. The SMILES string of the molecule is Cc1ccccc1-c1c(-c2ccccc2)nsc1-c1ccccc1. The number of hydrogen-bond donors (Lipinski definition) is 0. The third-order valence-corrected chi connectivity index (χ3v) is 5.09. The predicted octanol–water partition coefficient (Wildman–Crippen LogP) is 6.45. The van der Waals surface area contributed by atoms with E-state index in [1.54, 1.807) is 11.5 Å². The average molecular weight is 327 g/mol. The molecule has 0 saturated heterocycles. The van der Waals surface area contributed by atoms with Crippen molar-refractivity contribution in [2.45, 2.75) is 6.92 Å². The molecule has 0 N–H and O–H groups in total. The van der Waals surface area contributed by atoms with Gasteiger partial charge in [-0.25, -0.2) is 0 Å². The summed E-state index contributed by atoms with van der Waals surface area (Å²) in [6.45, 7) is 2.16. The van der Waals surface area contributed by atoms with E-state index in [1.165, 1.54) is 27.1 Å². The maximum atomic E-state index is 4.82. The van der Waals surface area contributed by atoms with Gasteiger partial charge in [-0.2, -0.15) is 4.37 Å². The van der Waals surface area contributed by atoms with E-state index in [9.17, 15) is 0 Å². The van der Waals surface area contributed by atoms with E-state index >= 15 is 0 Å². The average Bonchev–Trinajstić information content (AvgIpc) is 3.08. The van der Waals surface area contributed by atoms with Crippen molar-refractivity contribution in [3.8, 4) is 32.8 Å². The summed E-state index contributed by atoms with van der Waals surface area (Å²) in [5, 5.41) is 0. The molecule has 0 spiro atoms. The lowest BCUT2D eigenvalue weighted by molar-refractivity contribution is 1.45. The Morgan fingerprint density at radius 3 is 1.92 bits per heavy atom. The first kappa shape index (κ1) is 14.9. The topological polar surface area (TPSA) is 12.9 Å². The van der Waals surface area contributed by atoms with Gasteiger partial charge in [-0.1, -0.05) is 84.9 Å². The van der Waals surface area contributed by atoms with Gasteiger partial charge in [0.1, 0.15) is 0 Å². The molecule has 1 nitrogen and oxygen atoms in total. The number of hydrogen-bond acceptors (Lipinski definition) is 2. The molecule has 0 bridgehead atoms. The molecule has 0 fully saturated rings. The minimum Gasteiger partial charge on any atom is -0.191 e. The largest absolute Gasteiger partial charge is 0.191 e. The summed E-state index contributed by atoms with van der Waals surface area (Å²) >= 11 is 1.58. The Balaban J connectivity index is 2.00. The summed E-state index contributed by atoms with van der Waals surface area (Å²) in [4.78, 5) is 1.23. The first-order valence-electron chi connectivity index (χ1n) is 8.01. The van der Waals surface area contributed by atoms with E-state index in [-0.39, 0.29) is 0 Å². The number of nitrogens with zero attached hydrogens (tertiary/aromatic N) is 1. The minimum absolute atomic E-state index is 1.06. The minimum atomic E-state index is 1.06. The Morgan fingerprint density at radius 1 is 0.667 bits per heavy atom. The van der Waals surface area contributed by atoms with Crippen LogP contribution in [-0.4, -0.2) is 4.37 Å². The Kier molecular flexibility index (Phi) is 3.97. The number of rotatable bonds is 3. The molecule has 0 atom stereocenters. The summed E-state index contributed by atoms with van der Waals surface area (Å²) in [6.07, 6.45) is 0. The van der Waals surface area contributed by atoms with Gasteiger partial charge in [0.15, 0.2) is 0 Å². The lowest BCUT2D eigenvalue weighted by atomic mass is 9.94. The highest BCUT2D eigenvalue weighted by Crippen LogP contribution is 2.43. The maximum absolute atomic E-state index is 4.82. The second-order valence-electron chi connectivity index (χ2n) is 5.78. The first-order chi connectivity index (χ1) is 11.8. The van der Waals surface area contributed by atoms with Gasteiger partial charge in [0.05, 0.1) is 10.6 Å². The highest BCUT2D eigenvalue weighted by atomic mass is 32.1. The molecule has 1 aromatic heterocycles. The molecule has 4 rings (SSSR count). The van der Waals surface area contributed by atoms with Crippen LogP contribution in [0.2, 0.25) is 0 Å². The zero-order valence-corrected chi connectivity index (χ0v) is 14.3. The van der Waals surface area contributed by atoms with Crippen molar-refractivity contribution in [3.05, 3.63) is 90.5 Å². The quantitative estimate of drug-likeness (QED) is 0.421. The highest BCUT2D eigenvalue weighted by molar-refractivity contribution is 7.10. The van der Waals surface area contributed by atoms with Crippen LogP contribution < -0.4 is 0 Å². The van der Waals surface area contributed by atoms with Crippen LogP contribution in [0, 0.1) is 6.92 Å². The second kappa shape index (κ2) is 6.42. The van der Waals surface area contributed by atoms with E-state index in [2.05, 4.69) is 85.8 Å². The molecule has 0 unspecified atom stereocenters. The summed E-state index contributed by atoms with van der Waals surface area (Å²) < 4.78 is 4.82. The molecule has 0 radical (unpaired) electrons. The lowest BCUT2D eigenvalue weighted by Crippen LogP contribution is -1.87. The summed E-state index contributed by atoms with van der Waals surface area (Å²) in [5.74, 6) is 0. The molecule has 0 aliphatic carbocycles. The van der Waals surface area contributed by atoms with Crippen molar-refractivity contribution in [1.82, 2.24) is 4.37 Å². The van der Waals surface area contributed by atoms with E-state index in [0.29, 0.717) is 0 Å². The van der Waals surface area contributed by atoms with Gasteiger partial charge in [-0.05, 0) is 35.1 Å². The van der Waals surface area contributed by atoms with Crippen molar-refractivity contribution in [1.29, 1.82) is 0 Å². The summed E-state index contributed by atoms with van der Waals surface area (Å²) in [7, 11) is 0. The molecular weight excluding hydrogens is 310 g/mol. The van der Waals surface area contributed by atoms with E-state index in [0.717, 1.165) is 11.3 Å². The van der Waals surface area contributed by atoms with E-state index < -0.39 is 0 Å². The molecule has 3 aromatic carbocycles. The zero-order chi connectivity index (χ0) is 16.4. The Bertz CT molecular complexity index is 899. The predicted molar refractivity (Wildman–Crippen MR) is 103 cm³/mol. The van der Waals surface area contributed by atoms with Crippen molar-refractivity contribution in [3.63, 3.8) is 0 Å². The fourth-order valence-electron chi connectivity index (χ4n) is 2.97. The number of aromatic nitrogens is 1. The Hall–Kier alpha value is -2.71. The number of aryl methyl sites for hydroxylation is 1. The van der Waals surface area contributed by atoms with Crippen molar-refractivity contribution in [2.75, 3.05) is 0 Å². The van der Waals surface area contributed by atoms with Gasteiger partial charge < -0.3 is 0 Å². The van der Waals surface area contributed by atoms with Crippen LogP contribution in [0.25, 0.3) is 32.8 Å². The molecular formula is C22H17NS. The Morgan fingerprint density at radius 2 is 1.25 bits per heavy atom. The van der Waals surface area contributed by atoms with Crippen LogP contribution in [0.4, 0.5) is 0 Å². The molecule has 24 heavy (non-hydrogen) atoms. The molecule has 0 aliphatic heterocycles. The van der Waals surface area contributed by atoms with Crippen LogP contribution in [-0.2, 0) is 0 Å². The van der Waals surface area contributed by atoms with Gasteiger partial charge in [0.2, 0.25) is 0 Å². The van der Waals surface area contributed by atoms with Crippen LogP contribution in [0.15, 0.2) is 84.9 Å². The summed E-state index contributed by atoms with van der Waals surface area (Å²) in [6, 6.07) is 29.5. The van der Waals surface area contributed by atoms with Crippen LogP contribution in [0.3, 0.4) is 0 Å². The van der Waals surface area contributed by atoms with Gasteiger partial charge in [-0.3, -0.25) is 0 Å². The highest BCUT2D eigenvalue weighted by Gasteiger charge is 2.19. The number of benzene rings is 3. The Labute approximate surface area is 146 Å². The zero-order valence-electron chi connectivity index (χ0n) is 13.4. The molecule has 0 amide bonds. The standard InChI is InChI=1S/C22H17NS/c1-16-10-8-9-15-19(16)20-21(17-11-4-2-5-12-17)23-24-22(20)18-13-6-3-7-14-18/h2-15H,1H3. The second-order valence-corrected chi connectivity index (χ2v) is 6.56. The van der Waals surface area contributed by atoms with Gasteiger partial charge >= 0.3 is 0 Å². The maximum Gasteiger partial charge on any atom is 0.0925 e. The molecule has 2 heteroatoms. The lowest BCUT2D eigenvalue weighted by Gasteiger charge is -2.10. The molecule has 0 aliphatic rings. The van der Waals surface area contributed by atoms with Crippen LogP contribution in [0.5, 0.6) is 0 Å². The van der Waals surface area contributed by atoms with Crippen molar-refractivity contribution >= 4 is 11.5 Å². The third kappa shape index (κ3) is 2.66. The van der Waals surface area contributed by atoms with Gasteiger partial charge in [0.25, 0.3) is 0 Å². The normalized spacial score (nSPS) is 10.7. The third-order valence-electron chi connectivity index (χ3n) is 4.19. The van der Waals surface area contributed by atoms with Crippen molar-refractivity contribution in [2.24, 2.45) is 0 Å². The van der Waals surface area contributed by atoms with E-state index in [4.69, 9.17) is 4.37 Å². The molecule has 116 valence electrons. The summed E-state index contributed by atoms with van der Waals surface area (Å²) in [5.41, 5.74) is 7.20. The fourth-order valence-corrected chi connectivity index (χ4v) is 3.89. The monoisotopic (exact) mass is 327 g/mol. The van der Waals surface area contributed by atoms with Crippen molar-refractivity contribution < 1.29 is 0 Å². The van der Waals surface area contributed by atoms with Crippen LogP contribution >= 0.6 is 11.5 Å². The first-order valence-corrected chi connectivity index (χ1v) is 8.78. The smallest absolute Gasteiger partial charge is 0.0925 e. The van der Waals surface area contributed by atoms with Crippen LogP contribution in [0.1, 0.15) is 5.56 Å². The molecule has 4 aromatic rings. The van der Waals surface area contributed by atoms with E-state index in [1.807, 2.05) is 6.07 Å². The molecule has 1 heterocycles. The van der Waals surface area contributed by atoms with Gasteiger partial charge in [-0.15, -0.1) is 0 Å². The van der Waals surface area contributed by atoms with Gasteiger partial charge in [0, 0.05) is 11.1 Å². The fraction of sp³-hybridized carbons (Fsp3) is 0.0455.